The fourth-order valence-corrected chi connectivity index (χ4v) is 3.50. The number of hydrazine groups is 1. The number of aromatic nitrogens is 2. The van der Waals surface area contributed by atoms with Crippen molar-refractivity contribution < 1.29 is 14.3 Å². The highest BCUT2D eigenvalue weighted by molar-refractivity contribution is 7.99. The van der Waals surface area contributed by atoms with E-state index in [9.17, 15) is 14.4 Å². The van der Waals surface area contributed by atoms with Gasteiger partial charge in [0.25, 0.3) is 11.5 Å². The molecule has 3 aromatic rings. The van der Waals surface area contributed by atoms with Crippen LogP contribution in [0.2, 0.25) is 5.02 Å². The lowest BCUT2D eigenvalue weighted by Gasteiger charge is -2.12. The zero-order valence-corrected chi connectivity index (χ0v) is 17.9. The number of carbonyl (C=O) groups excluding carboxylic acids is 2. The van der Waals surface area contributed by atoms with E-state index in [0.29, 0.717) is 26.8 Å². The summed E-state index contributed by atoms with van der Waals surface area (Å²) in [5.41, 5.74) is 4.92. The summed E-state index contributed by atoms with van der Waals surface area (Å²) in [5, 5.41) is 1.43. The third-order valence-electron chi connectivity index (χ3n) is 4.00. The van der Waals surface area contributed by atoms with Crippen molar-refractivity contribution in [1.82, 2.24) is 20.4 Å². The van der Waals surface area contributed by atoms with Crippen molar-refractivity contribution in [2.75, 3.05) is 12.4 Å². The number of amides is 2. The number of halogens is 1. The third-order valence-corrected chi connectivity index (χ3v) is 5.22. The van der Waals surface area contributed by atoms with E-state index in [0.717, 1.165) is 11.8 Å². The molecule has 0 saturated carbocycles. The Morgan fingerprint density at radius 2 is 1.84 bits per heavy atom. The molecule has 8 nitrogen and oxygen atoms in total. The van der Waals surface area contributed by atoms with Crippen LogP contribution in [0.5, 0.6) is 5.75 Å². The summed E-state index contributed by atoms with van der Waals surface area (Å²) in [6, 6.07) is 13.5. The SMILES string of the molecule is C=CCn1c(SCC(=O)NNC(=O)COc2ccc(Cl)cc2)nc2ccccc2c1=O. The van der Waals surface area contributed by atoms with Crippen molar-refractivity contribution in [2.45, 2.75) is 11.7 Å². The molecule has 0 unspecified atom stereocenters. The van der Waals surface area contributed by atoms with Crippen molar-refractivity contribution in [3.63, 3.8) is 0 Å². The summed E-state index contributed by atoms with van der Waals surface area (Å²) in [4.78, 5) is 41.1. The monoisotopic (exact) mass is 458 g/mol. The molecule has 3 rings (SSSR count). The van der Waals surface area contributed by atoms with Gasteiger partial charge in [-0.3, -0.25) is 29.8 Å². The van der Waals surface area contributed by atoms with Gasteiger partial charge in [-0.05, 0) is 36.4 Å². The second-order valence-corrected chi connectivity index (χ2v) is 7.62. The first-order valence-corrected chi connectivity index (χ1v) is 10.5. The molecule has 1 aromatic heterocycles. The van der Waals surface area contributed by atoms with Gasteiger partial charge in [-0.1, -0.05) is 41.6 Å². The van der Waals surface area contributed by atoms with E-state index in [4.69, 9.17) is 16.3 Å². The number of fused-ring (bicyclic) bond motifs is 1. The highest BCUT2D eigenvalue weighted by atomic mass is 35.5. The number of hydrogen-bond acceptors (Lipinski definition) is 6. The second-order valence-electron chi connectivity index (χ2n) is 6.24. The number of rotatable bonds is 8. The topological polar surface area (TPSA) is 102 Å². The highest BCUT2D eigenvalue weighted by Gasteiger charge is 2.13. The van der Waals surface area contributed by atoms with Crippen LogP contribution in [0.3, 0.4) is 0 Å². The molecule has 2 N–H and O–H groups in total. The maximum absolute atomic E-state index is 12.7. The quantitative estimate of drug-likeness (QED) is 0.233. The van der Waals surface area contributed by atoms with Gasteiger partial charge >= 0.3 is 0 Å². The van der Waals surface area contributed by atoms with Gasteiger partial charge in [-0.2, -0.15) is 0 Å². The van der Waals surface area contributed by atoms with Gasteiger partial charge in [-0.25, -0.2) is 4.98 Å². The Kier molecular flexibility index (Phi) is 7.69. The molecule has 0 aliphatic carbocycles. The van der Waals surface area contributed by atoms with Gasteiger partial charge in [0.15, 0.2) is 11.8 Å². The molecule has 0 radical (unpaired) electrons. The minimum Gasteiger partial charge on any atom is -0.484 e. The van der Waals surface area contributed by atoms with E-state index >= 15 is 0 Å². The lowest BCUT2D eigenvalue weighted by Crippen LogP contribution is -2.44. The van der Waals surface area contributed by atoms with Crippen LogP contribution in [0, 0.1) is 0 Å². The van der Waals surface area contributed by atoms with Crippen LogP contribution in [0.1, 0.15) is 0 Å². The Bertz CT molecular complexity index is 1160. The highest BCUT2D eigenvalue weighted by Crippen LogP contribution is 2.18. The molecule has 0 aliphatic rings. The average Bonchev–Trinajstić information content (AvgIpc) is 2.78. The molecule has 1 heterocycles. The Balaban J connectivity index is 1.54. The van der Waals surface area contributed by atoms with Crippen molar-refractivity contribution in [2.24, 2.45) is 0 Å². The van der Waals surface area contributed by atoms with Crippen LogP contribution in [0.15, 0.2) is 71.1 Å². The molecule has 2 amide bonds. The number of thioether (sulfide) groups is 1. The number of carbonyl (C=O) groups is 2. The van der Waals surface area contributed by atoms with Crippen molar-refractivity contribution >= 4 is 46.1 Å². The number of nitrogens with zero attached hydrogens (tertiary/aromatic N) is 2. The van der Waals surface area contributed by atoms with E-state index in [1.54, 1.807) is 54.6 Å². The lowest BCUT2D eigenvalue weighted by molar-refractivity contribution is -0.128. The molecule has 160 valence electrons. The molecule has 10 heteroatoms. The van der Waals surface area contributed by atoms with Crippen LogP contribution in [0.4, 0.5) is 0 Å². The van der Waals surface area contributed by atoms with E-state index in [1.165, 1.54) is 4.57 Å². The van der Waals surface area contributed by atoms with E-state index in [2.05, 4.69) is 22.4 Å². The number of para-hydroxylation sites is 1. The van der Waals surface area contributed by atoms with Crippen LogP contribution >= 0.6 is 23.4 Å². The number of nitrogens with one attached hydrogen (secondary N) is 2. The fourth-order valence-electron chi connectivity index (χ4n) is 2.57. The number of benzene rings is 2. The van der Waals surface area contributed by atoms with Crippen LogP contribution in [-0.4, -0.2) is 33.7 Å². The summed E-state index contributed by atoms with van der Waals surface area (Å²) in [6.45, 7) is 3.65. The zero-order valence-electron chi connectivity index (χ0n) is 16.3. The van der Waals surface area contributed by atoms with Crippen molar-refractivity contribution in [1.29, 1.82) is 0 Å². The predicted octanol–water partition coefficient (Wildman–Crippen LogP) is 2.55. The fraction of sp³-hybridized carbons (Fsp3) is 0.143. The molecule has 0 fully saturated rings. The summed E-state index contributed by atoms with van der Waals surface area (Å²) in [6.07, 6.45) is 1.59. The largest absolute Gasteiger partial charge is 0.484 e. The van der Waals surface area contributed by atoms with Crippen molar-refractivity contribution in [3.8, 4) is 5.75 Å². The smallest absolute Gasteiger partial charge is 0.276 e. The minimum atomic E-state index is -0.527. The van der Waals surface area contributed by atoms with Crippen LogP contribution < -0.4 is 21.1 Å². The maximum atomic E-state index is 12.7. The van der Waals surface area contributed by atoms with Crippen LogP contribution in [-0.2, 0) is 16.1 Å². The molecule has 0 aliphatic heterocycles. The second kappa shape index (κ2) is 10.6. The number of ether oxygens (including phenoxy) is 1. The van der Waals surface area contributed by atoms with Gasteiger partial charge in [0.2, 0.25) is 5.91 Å². The molecule has 0 atom stereocenters. The molecule has 31 heavy (non-hydrogen) atoms. The maximum Gasteiger partial charge on any atom is 0.276 e. The van der Waals surface area contributed by atoms with Crippen LogP contribution in [0.25, 0.3) is 10.9 Å². The normalized spacial score (nSPS) is 10.5. The van der Waals surface area contributed by atoms with E-state index < -0.39 is 11.8 Å². The van der Waals surface area contributed by atoms with Gasteiger partial charge in [-0.15, -0.1) is 6.58 Å². The Hall–Kier alpha value is -3.30. The van der Waals surface area contributed by atoms with Gasteiger partial charge < -0.3 is 4.74 Å². The molecular formula is C21H19ClN4O4S. The lowest BCUT2D eigenvalue weighted by atomic mass is 10.2. The first kappa shape index (κ1) is 22.4. The number of allylic oxidation sites excluding steroid dienone is 1. The molecule has 0 saturated heterocycles. The first-order chi connectivity index (χ1) is 15.0. The Labute approximate surface area is 187 Å². The summed E-state index contributed by atoms with van der Waals surface area (Å²) < 4.78 is 6.75. The number of hydrogen-bond donors (Lipinski definition) is 2. The summed E-state index contributed by atoms with van der Waals surface area (Å²) >= 11 is 6.87. The van der Waals surface area contributed by atoms with Gasteiger partial charge in [0, 0.05) is 11.6 Å². The molecule has 0 bridgehead atoms. The third kappa shape index (κ3) is 6.09. The van der Waals surface area contributed by atoms with Crippen molar-refractivity contribution in [3.05, 3.63) is 76.6 Å². The van der Waals surface area contributed by atoms with E-state index in [-0.39, 0.29) is 24.5 Å². The standard InChI is InChI=1S/C21H19ClN4O4S/c1-2-11-26-20(29)16-5-3-4-6-17(16)23-21(26)31-13-19(28)25-24-18(27)12-30-15-9-7-14(22)8-10-15/h2-10H,1,11-13H2,(H,24,27)(H,25,28). The van der Waals surface area contributed by atoms with E-state index in [1.807, 2.05) is 0 Å². The molecule has 0 spiro atoms. The Morgan fingerprint density at radius 3 is 2.58 bits per heavy atom. The molecule has 2 aromatic carbocycles. The summed E-state index contributed by atoms with van der Waals surface area (Å²) in [7, 11) is 0. The molecular weight excluding hydrogens is 440 g/mol. The summed E-state index contributed by atoms with van der Waals surface area (Å²) in [5.74, 6) is -0.567. The van der Waals surface area contributed by atoms with Gasteiger partial charge in [0.1, 0.15) is 5.75 Å². The Morgan fingerprint density at radius 1 is 1.13 bits per heavy atom. The average molecular weight is 459 g/mol. The first-order valence-electron chi connectivity index (χ1n) is 9.17. The van der Waals surface area contributed by atoms with Gasteiger partial charge in [0.05, 0.1) is 16.7 Å². The minimum absolute atomic E-state index is 0.0553. The predicted molar refractivity (Wildman–Crippen MR) is 120 cm³/mol. The zero-order chi connectivity index (χ0) is 22.2.